The lowest BCUT2D eigenvalue weighted by Crippen LogP contribution is -2.37. The average Bonchev–Trinajstić information content (AvgIpc) is 2.59. The van der Waals surface area contributed by atoms with Crippen LogP contribution < -0.4 is 5.32 Å². The second-order valence-corrected chi connectivity index (χ2v) is 5.52. The van der Waals surface area contributed by atoms with Gasteiger partial charge in [0.05, 0.1) is 10.0 Å². The summed E-state index contributed by atoms with van der Waals surface area (Å²) in [5, 5.41) is 3.77. The molecule has 1 aromatic carbocycles. The number of rotatable bonds is 1. The quantitative estimate of drug-likeness (QED) is 0.865. The zero-order chi connectivity index (χ0) is 13.8. The largest absolute Gasteiger partial charge is 0.323 e. The van der Waals surface area contributed by atoms with Gasteiger partial charge in [0.15, 0.2) is 0 Å². The van der Waals surface area contributed by atoms with Crippen molar-refractivity contribution in [1.29, 1.82) is 0 Å². The SMILES string of the molecule is CN1CCCN(C(=O)Nc2ccc(Cl)c(Cl)c2)CC1. The molecule has 0 saturated carbocycles. The monoisotopic (exact) mass is 301 g/mol. The fourth-order valence-electron chi connectivity index (χ4n) is 2.03. The minimum Gasteiger partial charge on any atom is -0.323 e. The van der Waals surface area contributed by atoms with Crippen LogP contribution >= 0.6 is 23.2 Å². The van der Waals surface area contributed by atoms with Crippen molar-refractivity contribution in [2.45, 2.75) is 6.42 Å². The second kappa shape index (κ2) is 6.46. The fourth-order valence-corrected chi connectivity index (χ4v) is 2.32. The molecule has 19 heavy (non-hydrogen) atoms. The first-order chi connectivity index (χ1) is 9.06. The molecule has 4 nitrogen and oxygen atoms in total. The number of carbonyl (C=O) groups is 1. The molecule has 1 aliphatic rings. The minimum atomic E-state index is -0.0892. The van der Waals surface area contributed by atoms with Gasteiger partial charge in [-0.1, -0.05) is 23.2 Å². The van der Waals surface area contributed by atoms with E-state index in [0.29, 0.717) is 15.7 Å². The van der Waals surface area contributed by atoms with E-state index in [1.54, 1.807) is 18.2 Å². The minimum absolute atomic E-state index is 0.0892. The normalized spacial score (nSPS) is 17.1. The summed E-state index contributed by atoms with van der Waals surface area (Å²) in [6.07, 6.45) is 0.991. The molecule has 1 heterocycles. The van der Waals surface area contributed by atoms with E-state index in [1.165, 1.54) is 0 Å². The highest BCUT2D eigenvalue weighted by molar-refractivity contribution is 6.42. The van der Waals surface area contributed by atoms with Crippen LogP contribution in [0.1, 0.15) is 6.42 Å². The van der Waals surface area contributed by atoms with Gasteiger partial charge in [0.2, 0.25) is 0 Å². The molecule has 0 radical (unpaired) electrons. The number of amides is 2. The van der Waals surface area contributed by atoms with Gasteiger partial charge in [0, 0.05) is 25.3 Å². The van der Waals surface area contributed by atoms with Crippen LogP contribution in [0.5, 0.6) is 0 Å². The number of hydrogen-bond acceptors (Lipinski definition) is 2. The molecule has 0 aliphatic carbocycles. The Balaban J connectivity index is 1.98. The third kappa shape index (κ3) is 4.00. The lowest BCUT2D eigenvalue weighted by atomic mass is 10.3. The maximum Gasteiger partial charge on any atom is 0.321 e. The highest BCUT2D eigenvalue weighted by Gasteiger charge is 2.17. The lowest BCUT2D eigenvalue weighted by Gasteiger charge is -2.21. The van der Waals surface area contributed by atoms with E-state index in [-0.39, 0.29) is 6.03 Å². The Hall–Kier alpha value is -0.970. The summed E-state index contributed by atoms with van der Waals surface area (Å²) in [6, 6.07) is 4.99. The molecule has 0 bridgehead atoms. The fraction of sp³-hybridized carbons (Fsp3) is 0.462. The van der Waals surface area contributed by atoms with Gasteiger partial charge >= 0.3 is 6.03 Å². The van der Waals surface area contributed by atoms with Gasteiger partial charge < -0.3 is 15.1 Å². The van der Waals surface area contributed by atoms with Crippen molar-refractivity contribution >= 4 is 34.9 Å². The van der Waals surface area contributed by atoms with Crippen molar-refractivity contribution < 1.29 is 4.79 Å². The highest BCUT2D eigenvalue weighted by Crippen LogP contribution is 2.25. The molecule has 2 amide bonds. The molecule has 1 saturated heterocycles. The van der Waals surface area contributed by atoms with Crippen molar-refractivity contribution in [3.63, 3.8) is 0 Å². The number of halogens is 2. The molecule has 104 valence electrons. The maximum atomic E-state index is 12.1. The van der Waals surface area contributed by atoms with Crippen molar-refractivity contribution in [2.24, 2.45) is 0 Å². The number of carbonyl (C=O) groups excluding carboxylic acids is 1. The van der Waals surface area contributed by atoms with Crippen molar-refractivity contribution in [3.8, 4) is 0 Å². The highest BCUT2D eigenvalue weighted by atomic mass is 35.5. The first kappa shape index (κ1) is 14.4. The van der Waals surface area contributed by atoms with Gasteiger partial charge in [0.1, 0.15) is 0 Å². The molecule has 0 aromatic heterocycles. The van der Waals surface area contributed by atoms with E-state index in [4.69, 9.17) is 23.2 Å². The molecule has 0 unspecified atom stereocenters. The molecular weight excluding hydrogens is 285 g/mol. The first-order valence-electron chi connectivity index (χ1n) is 6.26. The molecule has 1 aliphatic heterocycles. The van der Waals surface area contributed by atoms with E-state index < -0.39 is 0 Å². The predicted molar refractivity (Wildman–Crippen MR) is 79.2 cm³/mol. The summed E-state index contributed by atoms with van der Waals surface area (Å²) < 4.78 is 0. The van der Waals surface area contributed by atoms with Crippen LogP contribution in [0.4, 0.5) is 10.5 Å². The van der Waals surface area contributed by atoms with Crippen LogP contribution in [0, 0.1) is 0 Å². The smallest absolute Gasteiger partial charge is 0.321 e. The van der Waals surface area contributed by atoms with E-state index in [0.717, 1.165) is 32.6 Å². The third-order valence-electron chi connectivity index (χ3n) is 3.18. The van der Waals surface area contributed by atoms with Crippen LogP contribution in [0.3, 0.4) is 0 Å². The zero-order valence-corrected chi connectivity index (χ0v) is 12.3. The van der Waals surface area contributed by atoms with Crippen LogP contribution in [0.2, 0.25) is 10.0 Å². The summed E-state index contributed by atoms with van der Waals surface area (Å²) in [5.74, 6) is 0. The summed E-state index contributed by atoms with van der Waals surface area (Å²) in [6.45, 7) is 3.44. The van der Waals surface area contributed by atoms with Gasteiger partial charge in [-0.2, -0.15) is 0 Å². The number of anilines is 1. The summed E-state index contributed by atoms with van der Waals surface area (Å²) >= 11 is 11.8. The third-order valence-corrected chi connectivity index (χ3v) is 3.92. The second-order valence-electron chi connectivity index (χ2n) is 4.70. The molecule has 1 aromatic rings. The Labute approximate surface area is 123 Å². The van der Waals surface area contributed by atoms with E-state index >= 15 is 0 Å². The molecule has 0 spiro atoms. The summed E-state index contributed by atoms with van der Waals surface area (Å²) in [7, 11) is 2.07. The Morgan fingerprint density at radius 2 is 1.95 bits per heavy atom. The van der Waals surface area contributed by atoms with E-state index in [9.17, 15) is 4.79 Å². The van der Waals surface area contributed by atoms with Crippen LogP contribution in [-0.2, 0) is 0 Å². The average molecular weight is 302 g/mol. The van der Waals surface area contributed by atoms with Crippen LogP contribution in [0.25, 0.3) is 0 Å². The number of likely N-dealkylation sites (N-methyl/N-ethyl adjacent to an activating group) is 1. The Bertz CT molecular complexity index is 467. The Morgan fingerprint density at radius 1 is 1.16 bits per heavy atom. The first-order valence-corrected chi connectivity index (χ1v) is 7.01. The Morgan fingerprint density at radius 3 is 2.68 bits per heavy atom. The van der Waals surface area contributed by atoms with Crippen LogP contribution in [-0.4, -0.2) is 49.1 Å². The zero-order valence-electron chi connectivity index (χ0n) is 10.8. The lowest BCUT2D eigenvalue weighted by molar-refractivity contribution is 0.213. The van der Waals surface area contributed by atoms with E-state index in [2.05, 4.69) is 17.3 Å². The van der Waals surface area contributed by atoms with E-state index in [1.807, 2.05) is 4.90 Å². The number of urea groups is 1. The molecule has 2 rings (SSSR count). The maximum absolute atomic E-state index is 12.1. The van der Waals surface area contributed by atoms with Crippen molar-refractivity contribution in [2.75, 3.05) is 38.5 Å². The molecule has 1 N–H and O–H groups in total. The topological polar surface area (TPSA) is 35.6 Å². The molecule has 0 atom stereocenters. The van der Waals surface area contributed by atoms with Crippen LogP contribution in [0.15, 0.2) is 18.2 Å². The molecule has 1 fully saturated rings. The van der Waals surface area contributed by atoms with Gasteiger partial charge in [-0.05, 0) is 38.2 Å². The molecule has 6 heteroatoms. The van der Waals surface area contributed by atoms with Gasteiger partial charge in [-0.3, -0.25) is 0 Å². The number of benzene rings is 1. The summed E-state index contributed by atoms with van der Waals surface area (Å²) in [5.41, 5.74) is 0.664. The van der Waals surface area contributed by atoms with Gasteiger partial charge in [-0.25, -0.2) is 4.79 Å². The van der Waals surface area contributed by atoms with Gasteiger partial charge in [0.25, 0.3) is 0 Å². The number of nitrogens with one attached hydrogen (secondary N) is 1. The standard InChI is InChI=1S/C13H17Cl2N3O/c1-17-5-2-6-18(8-7-17)13(19)16-10-3-4-11(14)12(15)9-10/h3-4,9H,2,5-8H2,1H3,(H,16,19). The predicted octanol–water partition coefficient (Wildman–Crippen LogP) is 3.16. The Kier molecular flexibility index (Phi) is 4.91. The van der Waals surface area contributed by atoms with Crippen molar-refractivity contribution in [1.82, 2.24) is 9.80 Å². The number of hydrogen-bond donors (Lipinski definition) is 1. The van der Waals surface area contributed by atoms with Gasteiger partial charge in [-0.15, -0.1) is 0 Å². The number of nitrogens with zero attached hydrogens (tertiary/aromatic N) is 2. The molecular formula is C13H17Cl2N3O. The summed E-state index contributed by atoms with van der Waals surface area (Å²) in [4.78, 5) is 16.2. The van der Waals surface area contributed by atoms with Crippen molar-refractivity contribution in [3.05, 3.63) is 28.2 Å².